The first-order valence-corrected chi connectivity index (χ1v) is 6.92. The van der Waals surface area contributed by atoms with Crippen LogP contribution in [0.5, 0.6) is 0 Å². The summed E-state index contributed by atoms with van der Waals surface area (Å²) < 4.78 is 26.5. The third kappa shape index (κ3) is 2.70. The van der Waals surface area contributed by atoms with Crippen molar-refractivity contribution in [1.82, 2.24) is 0 Å². The van der Waals surface area contributed by atoms with E-state index in [4.69, 9.17) is 4.11 Å². The van der Waals surface area contributed by atoms with Crippen LogP contribution in [0.2, 0.25) is 0 Å². The Kier molecular flexibility index (Phi) is 2.68. The molecule has 0 aliphatic rings. The number of benzene rings is 1. The molecule has 0 spiro atoms. The fourth-order valence-electron chi connectivity index (χ4n) is 2.58. The van der Waals surface area contributed by atoms with Crippen LogP contribution >= 0.6 is 0 Å². The molecule has 0 saturated heterocycles. The minimum Gasteiger partial charge on any atom is -0.201 e. The molecular weight excluding hydrogens is 256 g/mol. The lowest BCUT2D eigenvalue weighted by atomic mass is 10.1. The lowest BCUT2D eigenvalue weighted by molar-refractivity contribution is -0.666. The van der Waals surface area contributed by atoms with Gasteiger partial charge < -0.3 is 0 Å². The van der Waals surface area contributed by atoms with Crippen LogP contribution in [0.4, 0.5) is 0 Å². The molecule has 2 heterocycles. The Bertz CT molecular complexity index is 872. The van der Waals surface area contributed by atoms with E-state index >= 15 is 0 Å². The number of nitrogens with zero attached hydrogens (tertiary/aromatic N) is 2. The SMILES string of the molecule is [2H]C([2H])([2H])c1ccc(-c2ccc(-c3ccccc3)[n+](C)c2)[n+](C)c1. The van der Waals surface area contributed by atoms with Gasteiger partial charge in [0.2, 0.25) is 11.4 Å². The van der Waals surface area contributed by atoms with Gasteiger partial charge in [0, 0.05) is 27.4 Å². The highest BCUT2D eigenvalue weighted by Gasteiger charge is 2.16. The van der Waals surface area contributed by atoms with Crippen LogP contribution in [-0.4, -0.2) is 0 Å². The number of hydrogen-bond donors (Lipinski definition) is 0. The standard InChI is InChI=1S/C19H20N2/c1-15-9-11-19(20(2)13-15)17-10-12-18(21(3)14-17)16-7-5-4-6-8-16/h4-14H,1-3H3/q+2/i1D3. The smallest absolute Gasteiger partial charge is 0.201 e. The van der Waals surface area contributed by atoms with Crippen LogP contribution < -0.4 is 9.13 Å². The predicted molar refractivity (Wildman–Crippen MR) is 84.4 cm³/mol. The Morgan fingerprint density at radius 1 is 0.714 bits per heavy atom. The molecule has 21 heavy (non-hydrogen) atoms. The van der Waals surface area contributed by atoms with E-state index in [0.29, 0.717) is 5.56 Å². The maximum atomic E-state index is 7.52. The summed E-state index contributed by atoms with van der Waals surface area (Å²) in [6.45, 7) is -2.09. The summed E-state index contributed by atoms with van der Waals surface area (Å²) in [6, 6.07) is 17.9. The van der Waals surface area contributed by atoms with Crippen LogP contribution in [-0.2, 0) is 14.1 Å². The molecule has 0 aliphatic heterocycles. The maximum Gasteiger partial charge on any atom is 0.218 e. The second-order valence-corrected chi connectivity index (χ2v) is 5.19. The summed E-state index contributed by atoms with van der Waals surface area (Å²) in [7, 11) is 3.89. The van der Waals surface area contributed by atoms with Crippen molar-refractivity contribution < 1.29 is 13.2 Å². The lowest BCUT2D eigenvalue weighted by Crippen LogP contribution is -2.34. The third-order valence-electron chi connectivity index (χ3n) is 3.63. The molecule has 0 N–H and O–H groups in total. The number of hydrogen-bond acceptors (Lipinski definition) is 0. The average Bonchev–Trinajstić information content (AvgIpc) is 2.54. The van der Waals surface area contributed by atoms with E-state index in [1.807, 2.05) is 42.9 Å². The highest BCUT2D eigenvalue weighted by atomic mass is 14.9. The Morgan fingerprint density at radius 2 is 1.38 bits per heavy atom. The van der Waals surface area contributed by atoms with E-state index in [9.17, 15) is 0 Å². The van der Waals surface area contributed by atoms with Crippen molar-refractivity contribution in [1.29, 1.82) is 0 Å². The van der Waals surface area contributed by atoms with Crippen LogP contribution in [0.1, 0.15) is 9.68 Å². The van der Waals surface area contributed by atoms with Crippen LogP contribution in [0.25, 0.3) is 22.5 Å². The molecule has 3 aromatic rings. The minimum atomic E-state index is -2.09. The zero-order valence-electron chi connectivity index (χ0n) is 15.2. The van der Waals surface area contributed by atoms with Crippen LogP contribution in [0.15, 0.2) is 67.0 Å². The highest BCUT2D eigenvalue weighted by Crippen LogP contribution is 2.19. The van der Waals surface area contributed by atoms with Gasteiger partial charge in [-0.2, -0.15) is 0 Å². The molecule has 0 aliphatic carbocycles. The van der Waals surface area contributed by atoms with Crippen molar-refractivity contribution in [3.8, 4) is 22.5 Å². The monoisotopic (exact) mass is 279 g/mol. The summed E-state index contributed by atoms with van der Waals surface area (Å²) >= 11 is 0. The molecule has 0 unspecified atom stereocenters. The van der Waals surface area contributed by atoms with Gasteiger partial charge in [-0.3, -0.25) is 0 Å². The summed E-state index contributed by atoms with van der Waals surface area (Å²) in [5.74, 6) is 0. The van der Waals surface area contributed by atoms with Gasteiger partial charge in [0.05, 0.1) is 0 Å². The second-order valence-electron chi connectivity index (χ2n) is 5.19. The largest absolute Gasteiger partial charge is 0.218 e. The van der Waals surface area contributed by atoms with Crippen molar-refractivity contribution in [2.45, 2.75) is 6.85 Å². The van der Waals surface area contributed by atoms with E-state index in [0.717, 1.165) is 22.5 Å². The number of rotatable bonds is 2. The third-order valence-corrected chi connectivity index (χ3v) is 3.63. The molecule has 1 aromatic carbocycles. The van der Waals surface area contributed by atoms with Gasteiger partial charge in [0.15, 0.2) is 12.4 Å². The zero-order valence-corrected chi connectivity index (χ0v) is 12.2. The Morgan fingerprint density at radius 3 is 2.05 bits per heavy atom. The quantitative estimate of drug-likeness (QED) is 0.637. The van der Waals surface area contributed by atoms with Gasteiger partial charge in [-0.05, 0) is 31.1 Å². The van der Waals surface area contributed by atoms with Crippen molar-refractivity contribution in [2.24, 2.45) is 14.1 Å². The zero-order chi connectivity index (χ0) is 17.3. The summed E-state index contributed by atoms with van der Waals surface area (Å²) in [6.07, 6.45) is 3.74. The molecule has 0 bridgehead atoms. The molecule has 0 atom stereocenters. The number of aryl methyl sites for hydroxylation is 3. The normalized spacial score (nSPS) is 13.3. The van der Waals surface area contributed by atoms with Gasteiger partial charge in [0.1, 0.15) is 19.7 Å². The first kappa shape index (κ1) is 10.3. The first-order chi connectivity index (χ1) is 11.4. The highest BCUT2D eigenvalue weighted by molar-refractivity contribution is 5.60. The fourth-order valence-corrected chi connectivity index (χ4v) is 2.58. The van der Waals surface area contributed by atoms with Crippen molar-refractivity contribution in [3.05, 3.63) is 72.6 Å². The molecule has 2 heteroatoms. The summed E-state index contributed by atoms with van der Waals surface area (Å²) in [5, 5.41) is 0. The average molecular weight is 279 g/mol. The Hall–Kier alpha value is -2.48. The topological polar surface area (TPSA) is 7.76 Å². The van der Waals surface area contributed by atoms with E-state index in [1.54, 1.807) is 12.3 Å². The first-order valence-electron chi connectivity index (χ1n) is 8.42. The molecule has 0 fully saturated rings. The van der Waals surface area contributed by atoms with E-state index in [2.05, 4.69) is 35.0 Å². The van der Waals surface area contributed by atoms with E-state index in [1.165, 1.54) is 0 Å². The minimum absolute atomic E-state index is 0.346. The molecular formula is C19H20N2+2. The molecule has 2 nitrogen and oxygen atoms in total. The summed E-state index contributed by atoms with van der Waals surface area (Å²) in [4.78, 5) is 0. The maximum absolute atomic E-state index is 7.52. The Labute approximate surface area is 130 Å². The van der Waals surface area contributed by atoms with Crippen molar-refractivity contribution in [2.75, 3.05) is 0 Å². The van der Waals surface area contributed by atoms with Crippen LogP contribution in [0.3, 0.4) is 0 Å². The van der Waals surface area contributed by atoms with Gasteiger partial charge >= 0.3 is 0 Å². The van der Waals surface area contributed by atoms with Crippen molar-refractivity contribution in [3.63, 3.8) is 0 Å². The Balaban J connectivity index is 2.01. The van der Waals surface area contributed by atoms with E-state index in [-0.39, 0.29) is 0 Å². The van der Waals surface area contributed by atoms with Gasteiger partial charge in [-0.15, -0.1) is 0 Å². The van der Waals surface area contributed by atoms with Gasteiger partial charge in [0.25, 0.3) is 0 Å². The van der Waals surface area contributed by atoms with Gasteiger partial charge in [-0.1, -0.05) is 18.2 Å². The van der Waals surface area contributed by atoms with Crippen molar-refractivity contribution >= 4 is 0 Å². The molecule has 0 radical (unpaired) electrons. The van der Waals surface area contributed by atoms with Gasteiger partial charge in [-0.25, -0.2) is 9.13 Å². The fraction of sp³-hybridized carbons (Fsp3) is 0.158. The summed E-state index contributed by atoms with van der Waals surface area (Å²) in [5.41, 5.74) is 4.64. The molecule has 0 amide bonds. The number of pyridine rings is 2. The van der Waals surface area contributed by atoms with Crippen LogP contribution in [0, 0.1) is 6.85 Å². The molecule has 2 aromatic heterocycles. The lowest BCUT2D eigenvalue weighted by Gasteiger charge is -2.03. The number of aromatic nitrogens is 2. The molecule has 104 valence electrons. The van der Waals surface area contributed by atoms with E-state index < -0.39 is 6.85 Å². The molecule has 0 saturated carbocycles. The molecule has 3 rings (SSSR count). The second kappa shape index (κ2) is 5.49. The predicted octanol–water partition coefficient (Wildman–Crippen LogP) is 2.98.